The molecule has 0 saturated carbocycles. The first-order valence-electron chi connectivity index (χ1n) is 10.6. The normalized spacial score (nSPS) is 11.5. The second-order valence-corrected chi connectivity index (χ2v) is 8.38. The Morgan fingerprint density at radius 1 is 1.03 bits per heavy atom. The summed E-state index contributed by atoms with van der Waals surface area (Å²) in [6.07, 6.45) is 0. The molecule has 0 aliphatic carbocycles. The number of para-hydroxylation sites is 1. The molecule has 0 aliphatic rings. The van der Waals surface area contributed by atoms with Crippen LogP contribution < -0.4 is 4.74 Å². The Hall–Kier alpha value is -3.64. The molecule has 0 fully saturated rings. The van der Waals surface area contributed by atoms with Crippen molar-refractivity contribution in [2.45, 2.75) is 26.3 Å². The molecule has 0 atom stereocenters. The van der Waals surface area contributed by atoms with Gasteiger partial charge in [0.05, 0.1) is 12.1 Å². The molecule has 3 aromatic carbocycles. The summed E-state index contributed by atoms with van der Waals surface area (Å²) < 4.78 is 7.22. The number of carbonyl (C=O) groups is 1. The number of carbonyl (C=O) groups excluding carboxylic acids is 1. The minimum absolute atomic E-state index is 0.0853. The van der Waals surface area contributed by atoms with Crippen molar-refractivity contribution < 1.29 is 14.6 Å². The monoisotopic (exact) mass is 461 g/mol. The van der Waals surface area contributed by atoms with Crippen LogP contribution in [-0.2, 0) is 11.3 Å². The van der Waals surface area contributed by atoms with Gasteiger partial charge in [-0.1, -0.05) is 74.0 Å². The van der Waals surface area contributed by atoms with Crippen LogP contribution in [0.15, 0.2) is 83.0 Å². The van der Waals surface area contributed by atoms with Gasteiger partial charge in [0.25, 0.3) is 0 Å². The first-order chi connectivity index (χ1) is 15.9. The first-order valence-corrected chi connectivity index (χ1v) is 11.0. The molecule has 1 heterocycles. The molecule has 168 valence electrons. The first kappa shape index (κ1) is 22.6. The van der Waals surface area contributed by atoms with Crippen molar-refractivity contribution in [1.29, 1.82) is 0 Å². The number of aromatic hydroxyl groups is 1. The number of azo groups is 1. The minimum atomic E-state index is -0.551. The van der Waals surface area contributed by atoms with Crippen LogP contribution in [0.5, 0.6) is 11.6 Å². The molecule has 33 heavy (non-hydrogen) atoms. The summed E-state index contributed by atoms with van der Waals surface area (Å²) in [7, 11) is 0. The fourth-order valence-electron chi connectivity index (χ4n) is 3.56. The third-order valence-corrected chi connectivity index (χ3v) is 5.74. The summed E-state index contributed by atoms with van der Waals surface area (Å²) >= 11 is 6.30. The molecule has 1 aromatic heterocycles. The van der Waals surface area contributed by atoms with E-state index in [4.69, 9.17) is 16.3 Å². The zero-order valence-corrected chi connectivity index (χ0v) is 19.2. The van der Waals surface area contributed by atoms with Crippen molar-refractivity contribution in [2.75, 3.05) is 6.61 Å². The Bertz CT molecular complexity index is 1310. The van der Waals surface area contributed by atoms with Gasteiger partial charge >= 0.3 is 5.91 Å². The number of fused-ring (bicyclic) bond motifs is 1. The Kier molecular flexibility index (Phi) is 6.75. The maximum Gasteiger partial charge on any atom is 0.302 e. The Labute approximate surface area is 197 Å². The second-order valence-electron chi connectivity index (χ2n) is 7.97. The molecule has 0 spiro atoms. The van der Waals surface area contributed by atoms with E-state index in [1.807, 2.05) is 66.7 Å². The molecule has 0 unspecified atom stereocenters. The van der Waals surface area contributed by atoms with Gasteiger partial charge in [-0.3, -0.25) is 4.79 Å². The number of halogens is 1. The van der Waals surface area contributed by atoms with Gasteiger partial charge in [-0.25, -0.2) is 0 Å². The number of hydrogen-bond acceptors (Lipinski definition) is 4. The van der Waals surface area contributed by atoms with Crippen molar-refractivity contribution in [2.24, 2.45) is 10.2 Å². The average Bonchev–Trinajstić information content (AvgIpc) is 3.08. The standard InChI is InChI=1S/C26H24ClN3O3/c1-17(2)18-11-13-20(14-12-18)33-16-24(31)28-29-25-21-8-4-6-10-23(21)30(26(25)32)15-19-7-3-5-9-22(19)27/h3-14,17,32H,15-16H2,1-2H3. The summed E-state index contributed by atoms with van der Waals surface area (Å²) in [4.78, 5) is 12.3. The molecule has 7 heteroatoms. The van der Waals surface area contributed by atoms with Crippen LogP contribution in [0.4, 0.5) is 5.69 Å². The molecule has 0 radical (unpaired) electrons. The summed E-state index contributed by atoms with van der Waals surface area (Å²) in [5, 5.41) is 20.0. The molecule has 4 rings (SSSR count). The van der Waals surface area contributed by atoms with Crippen molar-refractivity contribution in [3.05, 3.63) is 88.9 Å². The van der Waals surface area contributed by atoms with Crippen molar-refractivity contribution in [3.8, 4) is 11.6 Å². The highest BCUT2D eigenvalue weighted by atomic mass is 35.5. The van der Waals surface area contributed by atoms with Gasteiger partial charge in [0.15, 0.2) is 12.3 Å². The van der Waals surface area contributed by atoms with E-state index >= 15 is 0 Å². The van der Waals surface area contributed by atoms with E-state index < -0.39 is 5.91 Å². The number of amides is 1. The molecule has 0 bridgehead atoms. The molecular formula is C26H24ClN3O3. The summed E-state index contributed by atoms with van der Waals surface area (Å²) in [6.45, 7) is 4.33. The Balaban J connectivity index is 1.52. The average molecular weight is 462 g/mol. The predicted molar refractivity (Wildman–Crippen MR) is 130 cm³/mol. The van der Waals surface area contributed by atoms with E-state index in [0.717, 1.165) is 11.1 Å². The summed E-state index contributed by atoms with van der Waals surface area (Å²) in [5.41, 5.74) is 3.04. The SMILES string of the molecule is CC(C)c1ccc(OCC(=O)N=Nc2c(O)n(Cc3ccccc3Cl)c3ccccc23)cc1. The molecule has 1 amide bonds. The van der Waals surface area contributed by atoms with Crippen molar-refractivity contribution in [1.82, 2.24) is 4.57 Å². The van der Waals surface area contributed by atoms with E-state index in [9.17, 15) is 9.90 Å². The van der Waals surface area contributed by atoms with E-state index in [0.29, 0.717) is 28.6 Å². The molecule has 4 aromatic rings. The lowest BCUT2D eigenvalue weighted by Crippen LogP contribution is -2.07. The van der Waals surface area contributed by atoms with E-state index in [2.05, 4.69) is 24.1 Å². The van der Waals surface area contributed by atoms with Gasteiger partial charge in [0.1, 0.15) is 5.75 Å². The van der Waals surface area contributed by atoms with E-state index in [-0.39, 0.29) is 18.2 Å². The van der Waals surface area contributed by atoms with Gasteiger partial charge in [-0.2, -0.15) is 0 Å². The number of benzene rings is 3. The van der Waals surface area contributed by atoms with Crippen LogP contribution in [0.1, 0.15) is 30.9 Å². The van der Waals surface area contributed by atoms with Gasteiger partial charge in [-0.05, 0) is 41.3 Å². The lowest BCUT2D eigenvalue weighted by Gasteiger charge is -2.08. The van der Waals surface area contributed by atoms with Crippen LogP contribution in [0, 0.1) is 0 Å². The van der Waals surface area contributed by atoms with E-state index in [1.165, 1.54) is 5.56 Å². The Morgan fingerprint density at radius 3 is 2.45 bits per heavy atom. The third kappa shape index (κ3) is 5.07. The molecule has 0 saturated heterocycles. The van der Waals surface area contributed by atoms with Gasteiger partial charge in [0.2, 0.25) is 5.88 Å². The van der Waals surface area contributed by atoms with E-state index in [1.54, 1.807) is 10.6 Å². The summed E-state index contributed by atoms with van der Waals surface area (Å²) in [6, 6.07) is 22.4. The number of rotatable bonds is 7. The number of ether oxygens (including phenoxy) is 1. The van der Waals surface area contributed by atoms with Gasteiger partial charge in [0, 0.05) is 10.4 Å². The van der Waals surface area contributed by atoms with Crippen LogP contribution in [-0.4, -0.2) is 22.2 Å². The lowest BCUT2D eigenvalue weighted by molar-refractivity contribution is -0.120. The molecule has 6 nitrogen and oxygen atoms in total. The molecule has 0 aliphatic heterocycles. The van der Waals surface area contributed by atoms with Crippen LogP contribution in [0.2, 0.25) is 5.02 Å². The smallest absolute Gasteiger partial charge is 0.302 e. The highest BCUT2D eigenvalue weighted by molar-refractivity contribution is 6.31. The van der Waals surface area contributed by atoms with Crippen molar-refractivity contribution >= 4 is 34.1 Å². The highest BCUT2D eigenvalue weighted by Crippen LogP contribution is 2.39. The van der Waals surface area contributed by atoms with Crippen LogP contribution >= 0.6 is 11.6 Å². The maximum atomic E-state index is 12.3. The molecule has 1 N–H and O–H groups in total. The largest absolute Gasteiger partial charge is 0.493 e. The third-order valence-electron chi connectivity index (χ3n) is 5.37. The van der Waals surface area contributed by atoms with Crippen LogP contribution in [0.3, 0.4) is 0 Å². The highest BCUT2D eigenvalue weighted by Gasteiger charge is 2.17. The lowest BCUT2D eigenvalue weighted by atomic mass is 10.0. The number of hydrogen-bond donors (Lipinski definition) is 1. The van der Waals surface area contributed by atoms with Crippen LogP contribution in [0.25, 0.3) is 10.9 Å². The second kappa shape index (κ2) is 9.88. The Morgan fingerprint density at radius 2 is 1.73 bits per heavy atom. The number of aromatic nitrogens is 1. The fourth-order valence-corrected chi connectivity index (χ4v) is 3.75. The number of nitrogens with zero attached hydrogens (tertiary/aromatic N) is 3. The zero-order chi connectivity index (χ0) is 23.4. The van der Waals surface area contributed by atoms with Gasteiger partial charge < -0.3 is 14.4 Å². The quantitative estimate of drug-likeness (QED) is 0.305. The zero-order valence-electron chi connectivity index (χ0n) is 18.4. The fraction of sp³-hybridized carbons (Fsp3) is 0.192. The minimum Gasteiger partial charge on any atom is -0.493 e. The van der Waals surface area contributed by atoms with Crippen molar-refractivity contribution in [3.63, 3.8) is 0 Å². The van der Waals surface area contributed by atoms with Gasteiger partial charge in [-0.15, -0.1) is 10.2 Å². The molecular weight excluding hydrogens is 438 g/mol. The maximum absolute atomic E-state index is 12.3. The predicted octanol–water partition coefficient (Wildman–Crippen LogP) is 6.86. The topological polar surface area (TPSA) is 76.2 Å². The summed E-state index contributed by atoms with van der Waals surface area (Å²) in [5.74, 6) is 0.368.